The summed E-state index contributed by atoms with van der Waals surface area (Å²) in [5, 5.41) is 0. The van der Waals surface area contributed by atoms with Gasteiger partial charge >= 0.3 is 0 Å². The predicted molar refractivity (Wildman–Crippen MR) is 40.0 cm³/mol. The minimum Gasteiger partial charge on any atom is -0.296 e. The molecule has 1 saturated heterocycles. The summed E-state index contributed by atoms with van der Waals surface area (Å²) >= 11 is 0. The predicted octanol–water partition coefficient (Wildman–Crippen LogP) is 2.04. The Morgan fingerprint density at radius 3 is 2.67 bits per heavy atom. The van der Waals surface area contributed by atoms with Gasteiger partial charge in [0.25, 0.3) is 0 Å². The first-order valence-electron chi connectivity index (χ1n) is 4.01. The Morgan fingerprint density at radius 1 is 1.33 bits per heavy atom. The first-order chi connectivity index (χ1) is 4.43. The summed E-state index contributed by atoms with van der Waals surface area (Å²) in [6.07, 6.45) is 5.57. The van der Waals surface area contributed by atoms with Crippen molar-refractivity contribution in [2.75, 3.05) is 13.1 Å². The maximum Gasteiger partial charge on any atom is 0.0392 e. The molecule has 1 atom stereocenters. The monoisotopic (exact) mass is 126 g/mol. The normalized spacial score (nSPS) is 18.3. The summed E-state index contributed by atoms with van der Waals surface area (Å²) in [6.45, 7) is 7.06. The van der Waals surface area contributed by atoms with Crippen molar-refractivity contribution in [2.45, 2.75) is 32.6 Å². The van der Waals surface area contributed by atoms with Gasteiger partial charge < -0.3 is 0 Å². The summed E-state index contributed by atoms with van der Waals surface area (Å²) < 4.78 is 0. The molecule has 1 aliphatic rings. The lowest BCUT2D eigenvalue weighted by atomic mass is 10.2. The van der Waals surface area contributed by atoms with Crippen LogP contribution in [0, 0.1) is 6.54 Å². The van der Waals surface area contributed by atoms with E-state index < -0.39 is 0 Å². The molecule has 0 amide bonds. The van der Waals surface area contributed by atoms with Crippen molar-refractivity contribution in [1.29, 1.82) is 0 Å². The van der Waals surface area contributed by atoms with Gasteiger partial charge in [0.2, 0.25) is 0 Å². The van der Waals surface area contributed by atoms with Crippen LogP contribution in [0.4, 0.5) is 0 Å². The van der Waals surface area contributed by atoms with Crippen LogP contribution in [0.5, 0.6) is 0 Å². The summed E-state index contributed by atoms with van der Waals surface area (Å²) in [6, 6.07) is 0. The van der Waals surface area contributed by atoms with Crippen LogP contribution in [0.15, 0.2) is 0 Å². The van der Waals surface area contributed by atoms with E-state index in [0.29, 0.717) is 0 Å². The van der Waals surface area contributed by atoms with Gasteiger partial charge in [-0.05, 0) is 13.0 Å². The average molecular weight is 126 g/mol. The van der Waals surface area contributed by atoms with Crippen LogP contribution in [0.3, 0.4) is 0 Å². The van der Waals surface area contributed by atoms with E-state index in [4.69, 9.17) is 0 Å². The van der Waals surface area contributed by atoms with Gasteiger partial charge in [0.1, 0.15) is 0 Å². The second-order valence-corrected chi connectivity index (χ2v) is 2.74. The van der Waals surface area contributed by atoms with Gasteiger partial charge in [0, 0.05) is 13.1 Å². The summed E-state index contributed by atoms with van der Waals surface area (Å²) in [7, 11) is 0. The molecule has 0 N–H and O–H groups in total. The zero-order chi connectivity index (χ0) is 6.53. The third kappa shape index (κ3) is 3.52. The highest BCUT2D eigenvalue weighted by Crippen LogP contribution is 2.11. The van der Waals surface area contributed by atoms with Crippen molar-refractivity contribution in [3.63, 3.8) is 0 Å². The lowest BCUT2D eigenvalue weighted by Crippen LogP contribution is -1.96. The van der Waals surface area contributed by atoms with Crippen molar-refractivity contribution in [3.8, 4) is 0 Å². The molecule has 0 saturated carbocycles. The molecule has 0 aliphatic carbocycles. The molecule has 1 heteroatoms. The second-order valence-electron chi connectivity index (χ2n) is 2.74. The fraction of sp³-hybridized carbons (Fsp3) is 0.875. The Morgan fingerprint density at radius 2 is 2.11 bits per heavy atom. The maximum atomic E-state index is 2.37. The van der Waals surface area contributed by atoms with E-state index in [0.717, 1.165) is 0 Å². The Labute approximate surface area is 58.0 Å². The van der Waals surface area contributed by atoms with Gasteiger partial charge in [-0.1, -0.05) is 26.2 Å². The van der Waals surface area contributed by atoms with E-state index in [1.807, 2.05) is 0 Å². The lowest BCUT2D eigenvalue weighted by molar-refractivity contribution is 0.524. The average Bonchev–Trinajstić information content (AvgIpc) is 2.63. The summed E-state index contributed by atoms with van der Waals surface area (Å²) in [4.78, 5) is 2.37. The third-order valence-electron chi connectivity index (χ3n) is 1.74. The number of rotatable bonds is 5. The van der Waals surface area contributed by atoms with Crippen molar-refractivity contribution in [1.82, 2.24) is 4.90 Å². The molecular formula is C8H16N. The van der Waals surface area contributed by atoms with E-state index in [1.54, 1.807) is 0 Å². The zero-order valence-electron chi connectivity index (χ0n) is 6.27. The van der Waals surface area contributed by atoms with Crippen molar-refractivity contribution in [2.24, 2.45) is 0 Å². The standard InChI is InChI=1S/C8H16N/c1-2-3-4-5-6-9-7-8-9/h7H,2-6,8H2,1H3. The fourth-order valence-corrected chi connectivity index (χ4v) is 0.982. The topological polar surface area (TPSA) is 3.01 Å². The van der Waals surface area contributed by atoms with Crippen LogP contribution in [-0.2, 0) is 0 Å². The lowest BCUT2D eigenvalue weighted by Gasteiger charge is -1.97. The molecule has 1 aliphatic heterocycles. The molecule has 9 heavy (non-hydrogen) atoms. The minimum absolute atomic E-state index is 1.24. The van der Waals surface area contributed by atoms with Crippen LogP contribution in [-0.4, -0.2) is 18.0 Å². The highest BCUT2D eigenvalue weighted by Gasteiger charge is 2.15. The van der Waals surface area contributed by atoms with Gasteiger partial charge in [-0.25, -0.2) is 0 Å². The first-order valence-corrected chi connectivity index (χ1v) is 4.01. The minimum atomic E-state index is 1.24. The van der Waals surface area contributed by atoms with Crippen LogP contribution in [0.2, 0.25) is 0 Å². The van der Waals surface area contributed by atoms with Crippen LogP contribution < -0.4 is 0 Å². The highest BCUT2D eigenvalue weighted by molar-refractivity contribution is 4.86. The smallest absolute Gasteiger partial charge is 0.0392 e. The fourth-order valence-electron chi connectivity index (χ4n) is 0.982. The van der Waals surface area contributed by atoms with E-state index in [2.05, 4.69) is 18.4 Å². The molecule has 1 nitrogen and oxygen atoms in total. The molecular weight excluding hydrogens is 110 g/mol. The van der Waals surface area contributed by atoms with Crippen molar-refractivity contribution < 1.29 is 0 Å². The van der Waals surface area contributed by atoms with Crippen molar-refractivity contribution in [3.05, 3.63) is 6.54 Å². The summed E-state index contributed by atoms with van der Waals surface area (Å²) in [5.41, 5.74) is 0. The van der Waals surface area contributed by atoms with E-state index in [1.165, 1.54) is 38.8 Å². The molecule has 0 aromatic rings. The Bertz CT molecular complexity index is 67.0. The molecule has 0 spiro atoms. The second kappa shape index (κ2) is 3.89. The molecule has 1 rings (SSSR count). The van der Waals surface area contributed by atoms with Gasteiger partial charge in [0.15, 0.2) is 0 Å². The van der Waals surface area contributed by atoms with Gasteiger partial charge in [-0.15, -0.1) is 0 Å². The van der Waals surface area contributed by atoms with Crippen molar-refractivity contribution >= 4 is 0 Å². The quantitative estimate of drug-likeness (QED) is 0.402. The number of hydrogen-bond donors (Lipinski definition) is 0. The Balaban J connectivity index is 1.71. The van der Waals surface area contributed by atoms with Crippen LogP contribution >= 0.6 is 0 Å². The molecule has 0 aromatic carbocycles. The highest BCUT2D eigenvalue weighted by atomic mass is 15.2. The molecule has 1 radical (unpaired) electrons. The molecule has 53 valence electrons. The molecule has 0 bridgehead atoms. The van der Waals surface area contributed by atoms with E-state index in [9.17, 15) is 0 Å². The van der Waals surface area contributed by atoms with Gasteiger partial charge in [-0.3, -0.25) is 4.90 Å². The Hall–Kier alpha value is -0.0400. The SMILES string of the molecule is CCCCCCN1[CH]C1. The molecule has 1 unspecified atom stereocenters. The largest absolute Gasteiger partial charge is 0.296 e. The molecule has 0 aromatic heterocycles. The number of nitrogens with zero attached hydrogens (tertiary/aromatic N) is 1. The summed E-state index contributed by atoms with van der Waals surface area (Å²) in [5.74, 6) is 0. The van der Waals surface area contributed by atoms with E-state index in [-0.39, 0.29) is 0 Å². The van der Waals surface area contributed by atoms with Gasteiger partial charge in [0.05, 0.1) is 0 Å². The number of unbranched alkanes of at least 4 members (excludes halogenated alkanes) is 3. The molecule has 1 fully saturated rings. The Kier molecular flexibility index (Phi) is 3.05. The van der Waals surface area contributed by atoms with E-state index >= 15 is 0 Å². The number of hydrogen-bond acceptors (Lipinski definition) is 1. The molecule has 1 heterocycles. The maximum absolute atomic E-state index is 2.37. The third-order valence-corrected chi connectivity index (χ3v) is 1.74. The zero-order valence-corrected chi connectivity index (χ0v) is 6.27. The van der Waals surface area contributed by atoms with Gasteiger partial charge in [-0.2, -0.15) is 0 Å². The van der Waals surface area contributed by atoms with Crippen LogP contribution in [0.25, 0.3) is 0 Å². The first kappa shape index (κ1) is 7.07. The van der Waals surface area contributed by atoms with Crippen LogP contribution in [0.1, 0.15) is 32.6 Å².